The Morgan fingerprint density at radius 2 is 1.72 bits per heavy atom. The van der Waals surface area contributed by atoms with E-state index in [1.165, 1.54) is 4.90 Å². The fraction of sp³-hybridized carbons (Fsp3) is 0.778. The minimum Gasteiger partial charge on any atom is -0.460 e. The van der Waals surface area contributed by atoms with Crippen molar-refractivity contribution < 1.29 is 23.9 Å². The van der Waals surface area contributed by atoms with E-state index in [1.807, 2.05) is 6.92 Å². The first-order chi connectivity index (χ1) is 11.7. The topological polar surface area (TPSA) is 92.8 Å². The summed E-state index contributed by atoms with van der Waals surface area (Å²) in [6.45, 7) is 7.93. The van der Waals surface area contributed by atoms with E-state index < -0.39 is 5.60 Å². The SMILES string of the molecule is CCCC(=O)N(C=O)CCCCCC(=O)NCCC(=O)OC(C)(C)C. The molecule has 1 N–H and O–H groups in total. The molecule has 0 radical (unpaired) electrons. The number of ether oxygens (including phenoxy) is 1. The van der Waals surface area contributed by atoms with Gasteiger partial charge in [0.2, 0.25) is 18.2 Å². The van der Waals surface area contributed by atoms with Gasteiger partial charge in [-0.1, -0.05) is 13.3 Å². The fourth-order valence-electron chi connectivity index (χ4n) is 2.12. The molecule has 0 rings (SSSR count). The van der Waals surface area contributed by atoms with Crippen LogP contribution in [0.4, 0.5) is 0 Å². The minimum atomic E-state index is -0.519. The van der Waals surface area contributed by atoms with E-state index in [0.29, 0.717) is 45.1 Å². The molecule has 0 aromatic heterocycles. The molecular weight excluding hydrogens is 324 g/mol. The average molecular weight is 356 g/mol. The molecular formula is C18H32N2O5. The Morgan fingerprint density at radius 1 is 1.04 bits per heavy atom. The summed E-state index contributed by atoms with van der Waals surface area (Å²) in [6, 6.07) is 0. The van der Waals surface area contributed by atoms with E-state index in [4.69, 9.17) is 4.74 Å². The lowest BCUT2D eigenvalue weighted by Gasteiger charge is -2.19. The van der Waals surface area contributed by atoms with Gasteiger partial charge in [0.25, 0.3) is 0 Å². The van der Waals surface area contributed by atoms with Crippen LogP contribution in [0.15, 0.2) is 0 Å². The van der Waals surface area contributed by atoms with Crippen LogP contribution in [0.1, 0.15) is 72.6 Å². The number of hydrogen-bond donors (Lipinski definition) is 1. The Hall–Kier alpha value is -1.92. The van der Waals surface area contributed by atoms with E-state index in [1.54, 1.807) is 20.8 Å². The predicted octanol–water partition coefficient (Wildman–Crippen LogP) is 2.18. The molecule has 0 bridgehead atoms. The number of amides is 3. The number of nitrogens with zero attached hydrogens (tertiary/aromatic N) is 1. The van der Waals surface area contributed by atoms with Crippen molar-refractivity contribution in [3.8, 4) is 0 Å². The summed E-state index contributed by atoms with van der Waals surface area (Å²) >= 11 is 0. The van der Waals surface area contributed by atoms with Crippen LogP contribution in [0.3, 0.4) is 0 Å². The Balaban J connectivity index is 3.75. The lowest BCUT2D eigenvalue weighted by Crippen LogP contribution is -2.30. The molecule has 0 heterocycles. The zero-order chi connectivity index (χ0) is 19.3. The lowest BCUT2D eigenvalue weighted by atomic mass is 10.1. The van der Waals surface area contributed by atoms with Gasteiger partial charge in [-0.15, -0.1) is 0 Å². The number of rotatable bonds is 12. The van der Waals surface area contributed by atoms with Crippen molar-refractivity contribution in [2.75, 3.05) is 13.1 Å². The Bertz CT molecular complexity index is 443. The average Bonchev–Trinajstić information content (AvgIpc) is 2.49. The Kier molecular flexibility index (Phi) is 11.5. The molecule has 3 amide bonds. The van der Waals surface area contributed by atoms with Gasteiger partial charge < -0.3 is 10.1 Å². The number of hydrogen-bond acceptors (Lipinski definition) is 5. The third-order valence-electron chi connectivity index (χ3n) is 3.29. The van der Waals surface area contributed by atoms with Gasteiger partial charge in [-0.3, -0.25) is 24.1 Å². The quantitative estimate of drug-likeness (QED) is 0.329. The summed E-state index contributed by atoms with van der Waals surface area (Å²) < 4.78 is 5.15. The number of carbonyl (C=O) groups excluding carboxylic acids is 4. The second-order valence-corrected chi connectivity index (χ2v) is 6.94. The van der Waals surface area contributed by atoms with Gasteiger partial charge in [-0.25, -0.2) is 0 Å². The van der Waals surface area contributed by atoms with Crippen molar-refractivity contribution in [3.63, 3.8) is 0 Å². The number of unbranched alkanes of at least 4 members (excludes halogenated alkanes) is 2. The van der Waals surface area contributed by atoms with Crippen molar-refractivity contribution >= 4 is 24.2 Å². The maximum absolute atomic E-state index is 11.7. The molecule has 25 heavy (non-hydrogen) atoms. The summed E-state index contributed by atoms with van der Waals surface area (Å²) in [6.07, 6.45) is 4.28. The van der Waals surface area contributed by atoms with Crippen molar-refractivity contribution in [2.24, 2.45) is 0 Å². The smallest absolute Gasteiger partial charge is 0.308 e. The lowest BCUT2D eigenvalue weighted by molar-refractivity contribution is -0.154. The molecule has 0 fully saturated rings. The molecule has 7 heteroatoms. The van der Waals surface area contributed by atoms with Gasteiger partial charge >= 0.3 is 5.97 Å². The van der Waals surface area contributed by atoms with E-state index in [9.17, 15) is 19.2 Å². The molecule has 144 valence electrons. The van der Waals surface area contributed by atoms with Crippen LogP contribution < -0.4 is 5.32 Å². The van der Waals surface area contributed by atoms with Crippen LogP contribution >= 0.6 is 0 Å². The standard InChI is InChI=1S/C18H32N2O5/c1-5-9-16(23)20(14-21)13-8-6-7-10-15(22)19-12-11-17(24)25-18(2,3)4/h14H,5-13H2,1-4H3,(H,19,22). The molecule has 0 spiro atoms. The first-order valence-corrected chi connectivity index (χ1v) is 8.93. The van der Waals surface area contributed by atoms with E-state index in [-0.39, 0.29) is 30.7 Å². The highest BCUT2D eigenvalue weighted by atomic mass is 16.6. The highest BCUT2D eigenvalue weighted by Gasteiger charge is 2.16. The summed E-state index contributed by atoms with van der Waals surface area (Å²) in [4.78, 5) is 46.8. The third kappa shape index (κ3) is 13.1. The molecule has 0 aromatic rings. The number of carbonyl (C=O) groups is 4. The van der Waals surface area contributed by atoms with Crippen molar-refractivity contribution in [2.45, 2.75) is 78.2 Å². The van der Waals surface area contributed by atoms with Crippen LogP contribution in [0, 0.1) is 0 Å². The predicted molar refractivity (Wildman–Crippen MR) is 94.6 cm³/mol. The van der Waals surface area contributed by atoms with Crippen LogP contribution in [0.5, 0.6) is 0 Å². The maximum atomic E-state index is 11.7. The highest BCUT2D eigenvalue weighted by molar-refractivity contribution is 5.85. The van der Waals surface area contributed by atoms with Gasteiger partial charge in [-0.05, 0) is 40.0 Å². The molecule has 0 aliphatic rings. The fourth-order valence-corrected chi connectivity index (χ4v) is 2.12. The summed E-state index contributed by atoms with van der Waals surface area (Å²) in [5, 5.41) is 2.68. The van der Waals surface area contributed by atoms with Crippen molar-refractivity contribution in [3.05, 3.63) is 0 Å². The number of esters is 1. The monoisotopic (exact) mass is 356 g/mol. The van der Waals surface area contributed by atoms with Gasteiger partial charge in [0.15, 0.2) is 0 Å². The summed E-state index contributed by atoms with van der Waals surface area (Å²) in [7, 11) is 0. The van der Waals surface area contributed by atoms with Crippen LogP contribution in [0.25, 0.3) is 0 Å². The van der Waals surface area contributed by atoms with E-state index in [0.717, 1.165) is 6.42 Å². The van der Waals surface area contributed by atoms with Crippen LogP contribution in [0.2, 0.25) is 0 Å². The van der Waals surface area contributed by atoms with Gasteiger partial charge in [0, 0.05) is 25.9 Å². The van der Waals surface area contributed by atoms with Gasteiger partial charge in [-0.2, -0.15) is 0 Å². The highest BCUT2D eigenvalue weighted by Crippen LogP contribution is 2.08. The largest absolute Gasteiger partial charge is 0.460 e. The van der Waals surface area contributed by atoms with Crippen LogP contribution in [-0.4, -0.2) is 47.8 Å². The Labute approximate surface area is 150 Å². The van der Waals surface area contributed by atoms with E-state index >= 15 is 0 Å². The first kappa shape index (κ1) is 23.1. The molecule has 0 saturated carbocycles. The molecule has 0 atom stereocenters. The molecule has 0 aliphatic heterocycles. The molecule has 0 unspecified atom stereocenters. The normalized spacial score (nSPS) is 10.9. The molecule has 0 saturated heterocycles. The zero-order valence-electron chi connectivity index (χ0n) is 15.9. The third-order valence-corrected chi connectivity index (χ3v) is 3.29. The minimum absolute atomic E-state index is 0.113. The Morgan fingerprint density at radius 3 is 2.28 bits per heavy atom. The van der Waals surface area contributed by atoms with Crippen molar-refractivity contribution in [1.29, 1.82) is 0 Å². The van der Waals surface area contributed by atoms with Gasteiger partial charge in [0.05, 0.1) is 6.42 Å². The van der Waals surface area contributed by atoms with Crippen molar-refractivity contribution in [1.82, 2.24) is 10.2 Å². The molecule has 0 aliphatic carbocycles. The van der Waals surface area contributed by atoms with E-state index in [2.05, 4.69) is 5.32 Å². The molecule has 0 aromatic carbocycles. The van der Waals surface area contributed by atoms with Crippen LogP contribution in [-0.2, 0) is 23.9 Å². The van der Waals surface area contributed by atoms with Gasteiger partial charge in [0.1, 0.15) is 5.60 Å². The first-order valence-electron chi connectivity index (χ1n) is 8.93. The number of imide groups is 1. The number of nitrogens with one attached hydrogen (secondary N) is 1. The second kappa shape index (κ2) is 12.4. The zero-order valence-corrected chi connectivity index (χ0v) is 15.9. The summed E-state index contributed by atoms with van der Waals surface area (Å²) in [5.74, 6) is -0.603. The molecule has 7 nitrogen and oxygen atoms in total. The second-order valence-electron chi connectivity index (χ2n) is 6.94. The summed E-state index contributed by atoms with van der Waals surface area (Å²) in [5.41, 5.74) is -0.519. The maximum Gasteiger partial charge on any atom is 0.308 e.